The number of hydrogen-bond donors (Lipinski definition) is 1. The molecule has 0 spiro atoms. The predicted molar refractivity (Wildman–Crippen MR) is 77.1 cm³/mol. The van der Waals surface area contributed by atoms with Gasteiger partial charge in [0.1, 0.15) is 5.82 Å². The summed E-state index contributed by atoms with van der Waals surface area (Å²) in [5.41, 5.74) is 7.83. The van der Waals surface area contributed by atoms with Gasteiger partial charge in [-0.3, -0.25) is 0 Å². The Bertz CT molecular complexity index is 582. The Hall–Kier alpha value is -1.92. The number of nitrogen functional groups attached to an aromatic ring is 1. The molecule has 1 fully saturated rings. The summed E-state index contributed by atoms with van der Waals surface area (Å²) >= 11 is 0. The van der Waals surface area contributed by atoms with Gasteiger partial charge < -0.3 is 19.9 Å². The lowest BCUT2D eigenvalue weighted by Gasteiger charge is -2.30. The Morgan fingerprint density at radius 2 is 2.40 bits per heavy atom. The molecule has 3 rings (SSSR count). The zero-order valence-corrected chi connectivity index (χ0v) is 11.6. The zero-order valence-electron chi connectivity index (χ0n) is 11.6. The van der Waals surface area contributed by atoms with E-state index in [-0.39, 0.29) is 6.10 Å². The van der Waals surface area contributed by atoms with Crippen LogP contribution in [0.2, 0.25) is 0 Å². The van der Waals surface area contributed by atoms with Gasteiger partial charge in [0.25, 0.3) is 0 Å². The van der Waals surface area contributed by atoms with E-state index < -0.39 is 0 Å². The van der Waals surface area contributed by atoms with Crippen LogP contribution in [0.5, 0.6) is 0 Å². The molecule has 0 amide bonds. The summed E-state index contributed by atoms with van der Waals surface area (Å²) in [6.45, 7) is 3.47. The number of pyridine rings is 1. The highest BCUT2D eigenvalue weighted by Gasteiger charge is 2.19. The summed E-state index contributed by atoms with van der Waals surface area (Å²) in [6.07, 6.45) is 5.51. The number of morpholine rings is 1. The van der Waals surface area contributed by atoms with Gasteiger partial charge in [-0.1, -0.05) is 0 Å². The molecule has 1 unspecified atom stereocenters. The number of likely N-dealkylation sites (N-methyl/N-ethyl adjacent to an activating group) is 1. The second kappa shape index (κ2) is 5.60. The molecule has 6 heteroatoms. The molecule has 1 aliphatic heterocycles. The van der Waals surface area contributed by atoms with Gasteiger partial charge in [-0.2, -0.15) is 0 Å². The number of imidazole rings is 1. The minimum Gasteiger partial charge on any atom is -0.383 e. The Labute approximate surface area is 118 Å². The van der Waals surface area contributed by atoms with Crippen LogP contribution in [0.15, 0.2) is 30.9 Å². The number of rotatable bonds is 3. The van der Waals surface area contributed by atoms with Crippen molar-refractivity contribution in [3.05, 3.63) is 30.9 Å². The van der Waals surface area contributed by atoms with E-state index in [0.717, 1.165) is 37.5 Å². The van der Waals surface area contributed by atoms with Gasteiger partial charge in [0.15, 0.2) is 0 Å². The molecule has 6 nitrogen and oxygen atoms in total. The van der Waals surface area contributed by atoms with Crippen LogP contribution in [0.1, 0.15) is 0 Å². The van der Waals surface area contributed by atoms with Crippen LogP contribution >= 0.6 is 0 Å². The monoisotopic (exact) mass is 273 g/mol. The lowest BCUT2D eigenvalue weighted by atomic mass is 10.2. The number of hydrogen-bond acceptors (Lipinski definition) is 5. The summed E-state index contributed by atoms with van der Waals surface area (Å²) in [5, 5.41) is 0. The quantitative estimate of drug-likeness (QED) is 0.898. The van der Waals surface area contributed by atoms with Gasteiger partial charge in [-0.25, -0.2) is 9.97 Å². The molecule has 0 saturated carbocycles. The van der Waals surface area contributed by atoms with E-state index >= 15 is 0 Å². The molecule has 106 valence electrons. The first-order valence-corrected chi connectivity index (χ1v) is 6.75. The van der Waals surface area contributed by atoms with Crippen molar-refractivity contribution in [2.45, 2.75) is 12.6 Å². The third kappa shape index (κ3) is 2.66. The molecule has 1 aliphatic rings. The number of ether oxygens (including phenoxy) is 1. The van der Waals surface area contributed by atoms with Gasteiger partial charge >= 0.3 is 0 Å². The summed E-state index contributed by atoms with van der Waals surface area (Å²) < 4.78 is 7.89. The molecule has 0 bridgehead atoms. The molecule has 1 atom stereocenters. The van der Waals surface area contributed by atoms with E-state index in [1.165, 1.54) is 0 Å². The molecule has 0 aliphatic carbocycles. The fourth-order valence-corrected chi connectivity index (χ4v) is 2.52. The fourth-order valence-electron chi connectivity index (χ4n) is 2.52. The third-order valence-electron chi connectivity index (χ3n) is 3.57. The van der Waals surface area contributed by atoms with Gasteiger partial charge in [0.2, 0.25) is 0 Å². The van der Waals surface area contributed by atoms with Crippen molar-refractivity contribution in [1.82, 2.24) is 19.4 Å². The first-order valence-electron chi connectivity index (χ1n) is 6.75. The van der Waals surface area contributed by atoms with E-state index in [9.17, 15) is 0 Å². The largest absolute Gasteiger partial charge is 0.383 e. The molecule has 3 heterocycles. The standard InChI is InChI=1S/C14H19N5O/c1-18-5-6-20-11(8-18)9-19-10-16-7-13(19)12-3-2-4-17-14(12)15/h2-4,7,10-11H,5-6,8-9H2,1H3,(H2,15,17). The topological polar surface area (TPSA) is 69.2 Å². The van der Waals surface area contributed by atoms with Crippen LogP contribution in [0.4, 0.5) is 5.82 Å². The molecule has 2 N–H and O–H groups in total. The van der Waals surface area contributed by atoms with Crippen molar-refractivity contribution in [3.8, 4) is 11.3 Å². The minimum atomic E-state index is 0.180. The molecule has 2 aromatic heterocycles. The maximum Gasteiger partial charge on any atom is 0.132 e. The average molecular weight is 273 g/mol. The smallest absolute Gasteiger partial charge is 0.132 e. The van der Waals surface area contributed by atoms with E-state index in [1.54, 1.807) is 6.20 Å². The van der Waals surface area contributed by atoms with Crippen molar-refractivity contribution in [1.29, 1.82) is 0 Å². The fraction of sp³-hybridized carbons (Fsp3) is 0.429. The first-order chi connectivity index (χ1) is 9.74. The summed E-state index contributed by atoms with van der Waals surface area (Å²) in [7, 11) is 2.11. The number of nitrogens with two attached hydrogens (primary N) is 1. The highest BCUT2D eigenvalue weighted by atomic mass is 16.5. The van der Waals surface area contributed by atoms with E-state index in [0.29, 0.717) is 5.82 Å². The normalized spacial score (nSPS) is 20.1. The molecular weight excluding hydrogens is 254 g/mol. The van der Waals surface area contributed by atoms with E-state index in [1.807, 2.05) is 24.7 Å². The van der Waals surface area contributed by atoms with Crippen molar-refractivity contribution < 1.29 is 4.74 Å². The minimum absolute atomic E-state index is 0.180. The zero-order chi connectivity index (χ0) is 13.9. The molecule has 20 heavy (non-hydrogen) atoms. The Morgan fingerprint density at radius 3 is 3.20 bits per heavy atom. The third-order valence-corrected chi connectivity index (χ3v) is 3.57. The average Bonchev–Trinajstić information content (AvgIpc) is 2.87. The SMILES string of the molecule is CN1CCOC(Cn2cncc2-c2cccnc2N)C1. The van der Waals surface area contributed by atoms with Gasteiger partial charge in [0.05, 0.1) is 37.5 Å². The summed E-state index contributed by atoms with van der Waals surface area (Å²) in [5.74, 6) is 0.524. The molecule has 0 aromatic carbocycles. The highest BCUT2D eigenvalue weighted by Crippen LogP contribution is 2.24. The van der Waals surface area contributed by atoms with Gasteiger partial charge in [-0.05, 0) is 19.2 Å². The molecular formula is C14H19N5O. The highest BCUT2D eigenvalue weighted by molar-refractivity contribution is 5.70. The van der Waals surface area contributed by atoms with Crippen LogP contribution in [-0.4, -0.2) is 52.3 Å². The molecule has 0 radical (unpaired) electrons. The Balaban J connectivity index is 1.82. The van der Waals surface area contributed by atoms with Crippen LogP contribution in [-0.2, 0) is 11.3 Å². The van der Waals surface area contributed by atoms with Gasteiger partial charge in [-0.15, -0.1) is 0 Å². The number of anilines is 1. The van der Waals surface area contributed by atoms with Crippen molar-refractivity contribution in [2.75, 3.05) is 32.5 Å². The van der Waals surface area contributed by atoms with Crippen LogP contribution in [0.3, 0.4) is 0 Å². The molecule has 1 saturated heterocycles. The summed E-state index contributed by atoms with van der Waals surface area (Å²) in [6, 6.07) is 3.84. The van der Waals surface area contributed by atoms with E-state index in [2.05, 4.69) is 26.5 Å². The van der Waals surface area contributed by atoms with Crippen molar-refractivity contribution in [3.63, 3.8) is 0 Å². The maximum absolute atomic E-state index is 5.94. The van der Waals surface area contributed by atoms with Crippen molar-refractivity contribution in [2.24, 2.45) is 0 Å². The first kappa shape index (κ1) is 13.1. The van der Waals surface area contributed by atoms with Crippen LogP contribution in [0.25, 0.3) is 11.3 Å². The second-order valence-electron chi connectivity index (χ2n) is 5.12. The van der Waals surface area contributed by atoms with Gasteiger partial charge in [0, 0.05) is 24.8 Å². The number of nitrogens with zero attached hydrogens (tertiary/aromatic N) is 4. The molecule has 2 aromatic rings. The number of aromatic nitrogens is 3. The van der Waals surface area contributed by atoms with E-state index in [4.69, 9.17) is 10.5 Å². The lowest BCUT2D eigenvalue weighted by Crippen LogP contribution is -2.41. The second-order valence-corrected chi connectivity index (χ2v) is 5.12. The lowest BCUT2D eigenvalue weighted by molar-refractivity contribution is -0.0272. The van der Waals surface area contributed by atoms with Crippen LogP contribution in [0, 0.1) is 0 Å². The van der Waals surface area contributed by atoms with Crippen LogP contribution < -0.4 is 5.73 Å². The van der Waals surface area contributed by atoms with Crippen molar-refractivity contribution >= 4 is 5.82 Å². The Morgan fingerprint density at radius 1 is 1.50 bits per heavy atom. The maximum atomic E-state index is 5.94. The predicted octanol–water partition coefficient (Wildman–Crippen LogP) is 0.858. The summed E-state index contributed by atoms with van der Waals surface area (Å²) in [4.78, 5) is 10.6. The Kier molecular flexibility index (Phi) is 3.66.